The Bertz CT molecular complexity index is 863. The summed E-state index contributed by atoms with van der Waals surface area (Å²) in [5.74, 6) is -2.05. The van der Waals surface area contributed by atoms with Crippen molar-refractivity contribution in [2.24, 2.45) is 0 Å². The molecule has 1 aliphatic rings. The average Bonchev–Trinajstić information content (AvgIpc) is 3.41. The van der Waals surface area contributed by atoms with Crippen molar-refractivity contribution in [3.63, 3.8) is 0 Å². The zero-order valence-corrected chi connectivity index (χ0v) is 15.8. The number of carbonyl (C=O) groups is 1. The lowest BCUT2D eigenvalue weighted by molar-refractivity contribution is -0.143. The number of ether oxygens (including phenoxy) is 1. The van der Waals surface area contributed by atoms with Gasteiger partial charge < -0.3 is 4.74 Å². The zero-order valence-electron chi connectivity index (χ0n) is 15.8. The van der Waals surface area contributed by atoms with E-state index in [4.69, 9.17) is 4.74 Å². The van der Waals surface area contributed by atoms with Crippen LogP contribution in [0.5, 0.6) is 0 Å². The lowest BCUT2D eigenvalue weighted by Gasteiger charge is -2.17. The van der Waals surface area contributed by atoms with Gasteiger partial charge in [0.25, 0.3) is 0 Å². The fraction of sp³-hybridized carbons (Fsp3) is 0.409. The van der Waals surface area contributed by atoms with Gasteiger partial charge in [-0.15, -0.1) is 0 Å². The van der Waals surface area contributed by atoms with Gasteiger partial charge >= 0.3 is 5.97 Å². The molecule has 0 aliphatic heterocycles. The third-order valence-electron chi connectivity index (χ3n) is 4.99. The molecule has 0 amide bonds. The van der Waals surface area contributed by atoms with Crippen molar-refractivity contribution >= 4 is 5.97 Å². The van der Waals surface area contributed by atoms with Crippen LogP contribution in [0, 0.1) is 31.3 Å². The number of hydrogen-bond acceptors (Lipinski definition) is 2. The Kier molecular flexibility index (Phi) is 5.59. The largest absolute Gasteiger partial charge is 0.466 e. The molecule has 5 heteroatoms. The Hall–Kier alpha value is -2.30. The maximum atomic E-state index is 15.3. The number of aryl methyl sites for hydroxylation is 2. The lowest BCUT2D eigenvalue weighted by atomic mass is 9.90. The zero-order chi connectivity index (χ0) is 19.7. The van der Waals surface area contributed by atoms with E-state index in [1.807, 2.05) is 0 Å². The van der Waals surface area contributed by atoms with Gasteiger partial charge in [0.05, 0.1) is 6.61 Å². The SMILES string of the molecule is CCOC(=O)CCc1c(F)c(-c2c(C)cc(F)cc2C)cc(C2CC2)c1F. The van der Waals surface area contributed by atoms with E-state index >= 15 is 4.39 Å². The topological polar surface area (TPSA) is 26.3 Å². The van der Waals surface area contributed by atoms with E-state index in [0.29, 0.717) is 22.3 Å². The van der Waals surface area contributed by atoms with Gasteiger partial charge in [-0.3, -0.25) is 4.79 Å². The van der Waals surface area contributed by atoms with Gasteiger partial charge in [0.15, 0.2) is 0 Å². The van der Waals surface area contributed by atoms with E-state index in [9.17, 15) is 13.6 Å². The van der Waals surface area contributed by atoms with Crippen LogP contribution in [0.1, 0.15) is 54.4 Å². The fourth-order valence-corrected chi connectivity index (χ4v) is 3.60. The normalized spacial score (nSPS) is 13.7. The molecule has 1 saturated carbocycles. The van der Waals surface area contributed by atoms with Gasteiger partial charge in [0.1, 0.15) is 17.5 Å². The van der Waals surface area contributed by atoms with Crippen LogP contribution in [0.15, 0.2) is 18.2 Å². The summed E-state index contributed by atoms with van der Waals surface area (Å²) < 4.78 is 48.8. The van der Waals surface area contributed by atoms with Crippen LogP contribution < -0.4 is 0 Å². The number of carbonyl (C=O) groups excluding carboxylic acids is 1. The molecule has 0 saturated heterocycles. The molecule has 0 spiro atoms. The Morgan fingerprint density at radius 2 is 1.70 bits per heavy atom. The van der Waals surface area contributed by atoms with Gasteiger partial charge in [0, 0.05) is 17.5 Å². The van der Waals surface area contributed by atoms with Crippen LogP contribution in [0.25, 0.3) is 11.1 Å². The molecule has 0 heterocycles. The van der Waals surface area contributed by atoms with Crippen molar-refractivity contribution in [2.45, 2.75) is 52.4 Å². The van der Waals surface area contributed by atoms with E-state index in [1.165, 1.54) is 12.1 Å². The summed E-state index contributed by atoms with van der Waals surface area (Å²) >= 11 is 0. The molecule has 0 N–H and O–H groups in total. The first kappa shape index (κ1) is 19.5. The summed E-state index contributed by atoms with van der Waals surface area (Å²) in [5, 5.41) is 0. The van der Waals surface area contributed by atoms with Crippen LogP contribution in [-0.2, 0) is 16.0 Å². The minimum Gasteiger partial charge on any atom is -0.466 e. The van der Waals surface area contributed by atoms with E-state index < -0.39 is 17.6 Å². The first-order valence-corrected chi connectivity index (χ1v) is 9.27. The number of hydrogen-bond donors (Lipinski definition) is 0. The summed E-state index contributed by atoms with van der Waals surface area (Å²) in [6.45, 7) is 5.34. The summed E-state index contributed by atoms with van der Waals surface area (Å²) in [6, 6.07) is 4.25. The first-order chi connectivity index (χ1) is 12.8. The molecule has 0 aromatic heterocycles. The molecule has 0 atom stereocenters. The molecule has 1 aliphatic carbocycles. The van der Waals surface area contributed by atoms with Crippen molar-refractivity contribution in [3.8, 4) is 11.1 Å². The van der Waals surface area contributed by atoms with Crippen molar-refractivity contribution in [1.29, 1.82) is 0 Å². The molecule has 3 rings (SSSR count). The average molecular weight is 376 g/mol. The predicted molar refractivity (Wildman–Crippen MR) is 98.2 cm³/mol. The Morgan fingerprint density at radius 1 is 1.07 bits per heavy atom. The maximum Gasteiger partial charge on any atom is 0.306 e. The van der Waals surface area contributed by atoms with Crippen LogP contribution in [-0.4, -0.2) is 12.6 Å². The maximum absolute atomic E-state index is 15.3. The van der Waals surface area contributed by atoms with Gasteiger partial charge in [-0.25, -0.2) is 13.2 Å². The Morgan fingerprint density at radius 3 is 2.26 bits per heavy atom. The summed E-state index contributed by atoms with van der Waals surface area (Å²) in [4.78, 5) is 11.7. The molecule has 144 valence electrons. The molecule has 2 nitrogen and oxygen atoms in total. The van der Waals surface area contributed by atoms with E-state index in [-0.39, 0.29) is 42.3 Å². The molecule has 2 aromatic rings. The van der Waals surface area contributed by atoms with Crippen LogP contribution in [0.3, 0.4) is 0 Å². The smallest absolute Gasteiger partial charge is 0.306 e. The molecular formula is C22H23F3O2. The van der Waals surface area contributed by atoms with Gasteiger partial charge in [-0.05, 0) is 86.4 Å². The highest BCUT2D eigenvalue weighted by Crippen LogP contribution is 2.45. The molecule has 0 unspecified atom stereocenters. The number of rotatable bonds is 6. The van der Waals surface area contributed by atoms with Crippen molar-refractivity contribution in [3.05, 3.63) is 57.9 Å². The lowest BCUT2D eigenvalue weighted by Crippen LogP contribution is -2.09. The second kappa shape index (κ2) is 7.75. The molecule has 1 fully saturated rings. The predicted octanol–water partition coefficient (Wildman–Crippen LogP) is 5.76. The summed E-state index contributed by atoms with van der Waals surface area (Å²) in [6.07, 6.45) is 1.57. The van der Waals surface area contributed by atoms with Gasteiger partial charge in [-0.2, -0.15) is 0 Å². The second-order valence-electron chi connectivity index (χ2n) is 7.11. The Labute approximate surface area is 157 Å². The minimum atomic E-state index is -0.681. The molecule has 0 bridgehead atoms. The monoisotopic (exact) mass is 376 g/mol. The van der Waals surface area contributed by atoms with Crippen LogP contribution in [0.4, 0.5) is 13.2 Å². The fourth-order valence-electron chi connectivity index (χ4n) is 3.60. The first-order valence-electron chi connectivity index (χ1n) is 9.27. The van der Waals surface area contributed by atoms with Crippen molar-refractivity contribution < 1.29 is 22.7 Å². The van der Waals surface area contributed by atoms with Crippen molar-refractivity contribution in [1.82, 2.24) is 0 Å². The minimum absolute atomic E-state index is 0.0661. The highest BCUT2D eigenvalue weighted by Gasteiger charge is 2.31. The highest BCUT2D eigenvalue weighted by atomic mass is 19.1. The van der Waals surface area contributed by atoms with E-state index in [0.717, 1.165) is 12.8 Å². The quantitative estimate of drug-likeness (QED) is 0.599. The third-order valence-corrected chi connectivity index (χ3v) is 4.99. The van der Waals surface area contributed by atoms with Crippen LogP contribution in [0.2, 0.25) is 0 Å². The van der Waals surface area contributed by atoms with E-state index in [1.54, 1.807) is 26.8 Å². The van der Waals surface area contributed by atoms with Gasteiger partial charge in [-0.1, -0.05) is 0 Å². The molecule has 0 radical (unpaired) electrons. The number of esters is 1. The molecule has 27 heavy (non-hydrogen) atoms. The van der Waals surface area contributed by atoms with Gasteiger partial charge in [0.2, 0.25) is 0 Å². The van der Waals surface area contributed by atoms with Crippen molar-refractivity contribution in [2.75, 3.05) is 6.61 Å². The summed E-state index contributed by atoms with van der Waals surface area (Å²) in [7, 11) is 0. The standard InChI is InChI=1S/C22H23F3O2/c1-4-27-19(26)8-7-16-21(24)17(14-5-6-14)11-18(22(16)25)20-12(2)9-15(23)10-13(20)3/h9-11,14H,4-8H2,1-3H3. The highest BCUT2D eigenvalue weighted by molar-refractivity contribution is 5.74. The second-order valence-corrected chi connectivity index (χ2v) is 7.11. The number of benzene rings is 2. The third kappa shape index (κ3) is 4.02. The number of halogens is 3. The Balaban J connectivity index is 2.11. The summed E-state index contributed by atoms with van der Waals surface area (Å²) in [5.41, 5.74) is 2.42. The van der Waals surface area contributed by atoms with Crippen LogP contribution >= 0.6 is 0 Å². The van der Waals surface area contributed by atoms with E-state index in [2.05, 4.69) is 0 Å². The molecule has 2 aromatic carbocycles. The molecular weight excluding hydrogens is 353 g/mol.